The zero-order valence-corrected chi connectivity index (χ0v) is 20.6. The van der Waals surface area contributed by atoms with Crippen LogP contribution in [0.4, 0.5) is 5.69 Å². The van der Waals surface area contributed by atoms with Gasteiger partial charge in [-0.1, -0.05) is 25.1 Å². The largest absolute Gasteiger partial charge is 0.372 e. The van der Waals surface area contributed by atoms with Gasteiger partial charge in [-0.2, -0.15) is 0 Å². The predicted molar refractivity (Wildman–Crippen MR) is 137 cm³/mol. The zero-order chi connectivity index (χ0) is 20.8. The Morgan fingerprint density at radius 2 is 1.84 bits per heavy atom. The van der Waals surface area contributed by atoms with Crippen molar-refractivity contribution >= 4 is 41.3 Å². The number of nitrogens with one attached hydrogen (secondary N) is 2. The van der Waals surface area contributed by atoms with Gasteiger partial charge in [0.05, 0.1) is 13.1 Å². The van der Waals surface area contributed by atoms with E-state index in [0.717, 1.165) is 43.0 Å². The third-order valence-electron chi connectivity index (χ3n) is 5.65. The number of nitrogens with zero attached hydrogens (tertiary/aromatic N) is 5. The quantitative estimate of drug-likeness (QED) is 0.286. The van der Waals surface area contributed by atoms with Crippen LogP contribution in [0.15, 0.2) is 53.7 Å². The Balaban J connectivity index is 0.00000272. The number of rotatable bonds is 6. The summed E-state index contributed by atoms with van der Waals surface area (Å²) in [6.45, 7) is 8.72. The summed E-state index contributed by atoms with van der Waals surface area (Å²) in [6.07, 6.45) is 4.54. The molecule has 2 N–H and O–H groups in total. The highest BCUT2D eigenvalue weighted by Crippen LogP contribution is 2.23. The molecule has 1 fully saturated rings. The van der Waals surface area contributed by atoms with Crippen LogP contribution in [-0.4, -0.2) is 40.2 Å². The molecule has 1 aromatic carbocycles. The first-order valence-corrected chi connectivity index (χ1v) is 10.9. The van der Waals surface area contributed by atoms with Gasteiger partial charge in [0.15, 0.2) is 17.4 Å². The summed E-state index contributed by atoms with van der Waals surface area (Å²) in [5.41, 5.74) is 3.37. The Bertz CT molecular complexity index is 975. The molecular formula is C23H32IN7. The number of benzene rings is 1. The molecule has 0 saturated carbocycles. The minimum Gasteiger partial charge on any atom is -0.372 e. The van der Waals surface area contributed by atoms with Crippen LogP contribution in [-0.2, 0) is 13.1 Å². The Labute approximate surface area is 201 Å². The molecule has 2 aromatic heterocycles. The lowest BCUT2D eigenvalue weighted by atomic mass is 9.99. The van der Waals surface area contributed by atoms with Crippen LogP contribution in [0.3, 0.4) is 0 Å². The molecule has 166 valence electrons. The molecule has 0 atom stereocenters. The van der Waals surface area contributed by atoms with Crippen molar-refractivity contribution in [2.45, 2.75) is 39.8 Å². The van der Waals surface area contributed by atoms with Gasteiger partial charge in [-0.05, 0) is 55.5 Å². The second kappa shape index (κ2) is 11.3. The lowest BCUT2D eigenvalue weighted by Crippen LogP contribution is -2.37. The smallest absolute Gasteiger partial charge is 0.191 e. The Hall–Kier alpha value is -2.36. The Morgan fingerprint density at radius 1 is 1.06 bits per heavy atom. The Morgan fingerprint density at radius 3 is 2.58 bits per heavy atom. The zero-order valence-electron chi connectivity index (χ0n) is 18.3. The van der Waals surface area contributed by atoms with Crippen molar-refractivity contribution in [3.8, 4) is 0 Å². The minimum atomic E-state index is 0. The molecule has 0 amide bonds. The lowest BCUT2D eigenvalue weighted by Gasteiger charge is -2.32. The summed E-state index contributed by atoms with van der Waals surface area (Å²) in [6, 6.07) is 14.7. The molecule has 0 spiro atoms. The van der Waals surface area contributed by atoms with Gasteiger partial charge in [0.1, 0.15) is 0 Å². The molecule has 0 radical (unpaired) electrons. The van der Waals surface area contributed by atoms with E-state index in [0.29, 0.717) is 13.1 Å². The van der Waals surface area contributed by atoms with E-state index < -0.39 is 0 Å². The van der Waals surface area contributed by atoms with Crippen LogP contribution < -0.4 is 15.5 Å². The molecule has 1 aliphatic heterocycles. The number of pyridine rings is 1. The molecule has 3 heterocycles. The van der Waals surface area contributed by atoms with Crippen molar-refractivity contribution in [1.29, 1.82) is 0 Å². The fourth-order valence-corrected chi connectivity index (χ4v) is 3.77. The number of piperidine rings is 1. The number of guanidine groups is 1. The molecule has 0 aliphatic carbocycles. The number of fused-ring (bicyclic) bond motifs is 1. The van der Waals surface area contributed by atoms with Gasteiger partial charge in [-0.25, -0.2) is 4.99 Å². The molecule has 8 heteroatoms. The van der Waals surface area contributed by atoms with Gasteiger partial charge in [0.2, 0.25) is 0 Å². The van der Waals surface area contributed by atoms with Gasteiger partial charge in [0.25, 0.3) is 0 Å². The minimum absolute atomic E-state index is 0. The van der Waals surface area contributed by atoms with Gasteiger partial charge < -0.3 is 15.5 Å². The summed E-state index contributed by atoms with van der Waals surface area (Å²) in [5, 5.41) is 15.1. The molecule has 31 heavy (non-hydrogen) atoms. The predicted octanol–water partition coefficient (Wildman–Crippen LogP) is 3.84. The van der Waals surface area contributed by atoms with Crippen LogP contribution in [0, 0.1) is 5.92 Å². The van der Waals surface area contributed by atoms with E-state index in [1.165, 1.54) is 24.1 Å². The van der Waals surface area contributed by atoms with E-state index in [4.69, 9.17) is 4.99 Å². The summed E-state index contributed by atoms with van der Waals surface area (Å²) in [4.78, 5) is 7.23. The average molecular weight is 533 g/mol. The Kier molecular flexibility index (Phi) is 8.51. The summed E-state index contributed by atoms with van der Waals surface area (Å²) >= 11 is 0. The molecular weight excluding hydrogens is 501 g/mol. The average Bonchev–Trinajstić information content (AvgIpc) is 3.20. The molecule has 1 aliphatic rings. The maximum Gasteiger partial charge on any atom is 0.191 e. The van der Waals surface area contributed by atoms with Crippen molar-refractivity contribution in [1.82, 2.24) is 25.2 Å². The normalized spacial score (nSPS) is 15.0. The topological polar surface area (TPSA) is 69.8 Å². The maximum absolute atomic E-state index is 4.74. The first-order valence-electron chi connectivity index (χ1n) is 10.9. The molecule has 0 bridgehead atoms. The van der Waals surface area contributed by atoms with Crippen LogP contribution in [0.1, 0.15) is 38.1 Å². The van der Waals surface area contributed by atoms with Gasteiger partial charge in [-0.3, -0.25) is 4.40 Å². The number of aliphatic imine (C=N–C) groups is 1. The highest BCUT2D eigenvalue weighted by molar-refractivity contribution is 14.0. The first-order chi connectivity index (χ1) is 14.7. The molecule has 0 unspecified atom stereocenters. The van der Waals surface area contributed by atoms with Crippen molar-refractivity contribution in [2.24, 2.45) is 10.9 Å². The number of anilines is 1. The second-order valence-electron chi connectivity index (χ2n) is 7.93. The number of aromatic nitrogens is 3. The number of halogens is 1. The van der Waals surface area contributed by atoms with E-state index in [9.17, 15) is 0 Å². The lowest BCUT2D eigenvalue weighted by molar-refractivity contribution is 0.438. The summed E-state index contributed by atoms with van der Waals surface area (Å²) in [7, 11) is 0. The molecule has 4 rings (SSSR count). The summed E-state index contributed by atoms with van der Waals surface area (Å²) in [5.74, 6) is 2.48. The van der Waals surface area contributed by atoms with Crippen LogP contribution >= 0.6 is 24.0 Å². The molecule has 3 aromatic rings. The van der Waals surface area contributed by atoms with E-state index >= 15 is 0 Å². The van der Waals surface area contributed by atoms with Gasteiger partial charge in [0, 0.05) is 31.5 Å². The summed E-state index contributed by atoms with van der Waals surface area (Å²) < 4.78 is 1.98. The number of hydrogen-bond acceptors (Lipinski definition) is 4. The van der Waals surface area contributed by atoms with Crippen molar-refractivity contribution in [3.63, 3.8) is 0 Å². The van der Waals surface area contributed by atoms with Gasteiger partial charge in [-0.15, -0.1) is 34.2 Å². The van der Waals surface area contributed by atoms with E-state index in [-0.39, 0.29) is 24.0 Å². The van der Waals surface area contributed by atoms with Crippen LogP contribution in [0.25, 0.3) is 5.65 Å². The van der Waals surface area contributed by atoms with Crippen LogP contribution in [0.5, 0.6) is 0 Å². The standard InChI is InChI=1S/C23H31N7.HI/c1-3-24-23(26-17-22-28-27-21-6-4-5-13-30(21)22)25-16-19-7-9-20(10-8-19)29-14-11-18(2)12-15-29;/h4-10,13,18H,3,11-12,14-17H2,1-2H3,(H2,24,25,26);1H. The fourth-order valence-electron chi connectivity index (χ4n) is 3.77. The molecule has 1 saturated heterocycles. The van der Waals surface area contributed by atoms with E-state index in [2.05, 4.69) is 63.8 Å². The van der Waals surface area contributed by atoms with E-state index in [1.54, 1.807) is 0 Å². The van der Waals surface area contributed by atoms with Gasteiger partial charge >= 0.3 is 0 Å². The second-order valence-corrected chi connectivity index (χ2v) is 7.93. The van der Waals surface area contributed by atoms with E-state index in [1.807, 2.05) is 28.8 Å². The first kappa shape index (κ1) is 23.3. The molecule has 7 nitrogen and oxygen atoms in total. The van der Waals surface area contributed by atoms with Crippen molar-refractivity contribution < 1.29 is 0 Å². The SMILES string of the molecule is CCNC(=NCc1ccc(N2CCC(C)CC2)cc1)NCc1nnc2ccccn12.I. The van der Waals surface area contributed by atoms with Crippen molar-refractivity contribution in [2.75, 3.05) is 24.5 Å². The maximum atomic E-state index is 4.74. The highest BCUT2D eigenvalue weighted by Gasteiger charge is 2.15. The van der Waals surface area contributed by atoms with Crippen molar-refractivity contribution in [3.05, 3.63) is 60.0 Å². The monoisotopic (exact) mass is 533 g/mol. The third-order valence-corrected chi connectivity index (χ3v) is 5.65. The van der Waals surface area contributed by atoms with Crippen LogP contribution in [0.2, 0.25) is 0 Å². The highest BCUT2D eigenvalue weighted by atomic mass is 127. The fraction of sp³-hybridized carbons (Fsp3) is 0.435. The number of hydrogen-bond donors (Lipinski definition) is 2. The third kappa shape index (κ3) is 6.09.